The molecule has 1 aromatic heterocycles. The van der Waals surface area contributed by atoms with Crippen LogP contribution in [0.5, 0.6) is 0 Å². The van der Waals surface area contributed by atoms with Gasteiger partial charge >= 0.3 is 0 Å². The highest BCUT2D eigenvalue weighted by atomic mass is 16.4. The summed E-state index contributed by atoms with van der Waals surface area (Å²) >= 11 is 0. The van der Waals surface area contributed by atoms with Gasteiger partial charge in [-0.15, -0.1) is 0 Å². The van der Waals surface area contributed by atoms with Gasteiger partial charge in [0.25, 0.3) is 0 Å². The number of hydrogen-bond acceptors (Lipinski definition) is 5. The number of rotatable bonds is 4. The zero-order chi connectivity index (χ0) is 11.3. The first kappa shape index (κ1) is 11.4. The maximum absolute atomic E-state index is 8.58. The van der Waals surface area contributed by atoms with Crippen molar-refractivity contribution >= 4 is 5.84 Å². The van der Waals surface area contributed by atoms with Gasteiger partial charge in [-0.05, 0) is 11.6 Å². The molecular formula is C9H15N5O. The van der Waals surface area contributed by atoms with Crippen LogP contribution in [0.1, 0.15) is 11.3 Å². The molecule has 0 atom stereocenters. The molecule has 6 nitrogen and oxygen atoms in total. The van der Waals surface area contributed by atoms with Gasteiger partial charge in [0, 0.05) is 26.8 Å². The van der Waals surface area contributed by atoms with Crippen molar-refractivity contribution in [3.63, 3.8) is 0 Å². The first-order valence-electron chi connectivity index (χ1n) is 4.47. The minimum atomic E-state index is 0.0196. The predicted octanol–water partition coefficient (Wildman–Crippen LogP) is -0.258. The molecule has 1 heterocycles. The highest BCUT2D eigenvalue weighted by molar-refractivity contribution is 5.96. The molecule has 15 heavy (non-hydrogen) atoms. The van der Waals surface area contributed by atoms with Gasteiger partial charge in [0.2, 0.25) is 0 Å². The van der Waals surface area contributed by atoms with Crippen LogP contribution in [0.4, 0.5) is 0 Å². The number of nitrogens with one attached hydrogen (secondary N) is 1. The highest BCUT2D eigenvalue weighted by Gasteiger charge is 2.07. The lowest BCUT2D eigenvalue weighted by Crippen LogP contribution is -2.31. The second-order valence-corrected chi connectivity index (χ2v) is 3.23. The Morgan fingerprint density at radius 1 is 1.67 bits per heavy atom. The zero-order valence-corrected chi connectivity index (χ0v) is 8.81. The van der Waals surface area contributed by atoms with Gasteiger partial charge < -0.3 is 10.9 Å². The van der Waals surface area contributed by atoms with Crippen LogP contribution in [-0.4, -0.2) is 35.1 Å². The summed E-state index contributed by atoms with van der Waals surface area (Å²) in [6.07, 6.45) is 1.60. The summed E-state index contributed by atoms with van der Waals surface area (Å²) in [5.41, 5.74) is 9.95. The molecule has 0 aliphatic heterocycles. The summed E-state index contributed by atoms with van der Waals surface area (Å²) in [5, 5.41) is 13.3. The van der Waals surface area contributed by atoms with Gasteiger partial charge in [-0.25, -0.2) is 0 Å². The lowest BCUT2D eigenvalue weighted by Gasteiger charge is -2.13. The van der Waals surface area contributed by atoms with Crippen LogP contribution in [-0.2, 0) is 6.54 Å². The molecule has 1 aromatic rings. The molecular weight excluding hydrogens is 194 g/mol. The fourth-order valence-corrected chi connectivity index (χ4v) is 1.10. The Hall–Kier alpha value is -1.66. The number of pyridine rings is 1. The fraction of sp³-hybridized carbons (Fsp3) is 0.333. The molecule has 0 spiro atoms. The number of hydrazine groups is 1. The molecule has 1 rings (SSSR count). The Kier molecular flexibility index (Phi) is 4.02. The molecule has 0 bridgehead atoms. The van der Waals surface area contributed by atoms with Crippen LogP contribution >= 0.6 is 0 Å². The smallest absolute Gasteiger partial charge is 0.189 e. The Labute approximate surface area is 88.4 Å². The largest absolute Gasteiger partial charge is 0.409 e. The van der Waals surface area contributed by atoms with E-state index in [-0.39, 0.29) is 5.84 Å². The molecule has 0 aliphatic carbocycles. The van der Waals surface area contributed by atoms with E-state index < -0.39 is 0 Å². The molecule has 0 fully saturated rings. The van der Waals surface area contributed by atoms with E-state index in [0.717, 1.165) is 5.56 Å². The monoisotopic (exact) mass is 209 g/mol. The van der Waals surface area contributed by atoms with E-state index in [1.54, 1.807) is 12.3 Å². The van der Waals surface area contributed by atoms with Crippen molar-refractivity contribution < 1.29 is 5.21 Å². The van der Waals surface area contributed by atoms with Crippen molar-refractivity contribution in [1.29, 1.82) is 0 Å². The molecule has 0 amide bonds. The molecule has 0 saturated heterocycles. The third-order valence-corrected chi connectivity index (χ3v) is 1.83. The first-order valence-corrected chi connectivity index (χ1v) is 4.47. The number of nitrogens with two attached hydrogens (primary N) is 1. The van der Waals surface area contributed by atoms with E-state index in [2.05, 4.69) is 15.6 Å². The second kappa shape index (κ2) is 5.28. The lowest BCUT2D eigenvalue weighted by molar-refractivity contribution is 0.285. The third kappa shape index (κ3) is 3.19. The quantitative estimate of drug-likeness (QED) is 0.275. The van der Waals surface area contributed by atoms with Crippen molar-refractivity contribution in [3.05, 3.63) is 29.6 Å². The van der Waals surface area contributed by atoms with Crippen LogP contribution < -0.4 is 11.2 Å². The van der Waals surface area contributed by atoms with Crippen molar-refractivity contribution in [2.24, 2.45) is 10.9 Å². The van der Waals surface area contributed by atoms with Crippen LogP contribution in [0.25, 0.3) is 0 Å². The van der Waals surface area contributed by atoms with Crippen LogP contribution in [0, 0.1) is 0 Å². The Morgan fingerprint density at radius 3 is 3.00 bits per heavy atom. The Bertz CT molecular complexity index is 350. The van der Waals surface area contributed by atoms with E-state index in [1.165, 1.54) is 0 Å². The van der Waals surface area contributed by atoms with Gasteiger partial charge in [0.05, 0.1) is 0 Å². The molecule has 0 radical (unpaired) electrons. The van der Waals surface area contributed by atoms with Crippen LogP contribution in [0.3, 0.4) is 0 Å². The summed E-state index contributed by atoms with van der Waals surface area (Å²) in [5.74, 6) is 0.0196. The molecule has 0 aromatic carbocycles. The van der Waals surface area contributed by atoms with Gasteiger partial charge in [-0.3, -0.25) is 15.4 Å². The minimum absolute atomic E-state index is 0.0196. The molecule has 0 saturated carbocycles. The number of amidine groups is 1. The average Bonchev–Trinajstić information content (AvgIpc) is 2.25. The lowest BCUT2D eigenvalue weighted by atomic mass is 10.2. The number of aromatic nitrogens is 1. The van der Waals surface area contributed by atoms with Crippen molar-refractivity contribution in [3.8, 4) is 0 Å². The minimum Gasteiger partial charge on any atom is -0.409 e. The Balaban J connectivity index is 2.87. The van der Waals surface area contributed by atoms with E-state index >= 15 is 0 Å². The first-order chi connectivity index (χ1) is 7.15. The number of nitrogens with zero attached hydrogens (tertiary/aromatic N) is 3. The molecule has 0 aliphatic rings. The second-order valence-electron chi connectivity index (χ2n) is 3.23. The van der Waals surface area contributed by atoms with Crippen LogP contribution in [0.2, 0.25) is 0 Å². The van der Waals surface area contributed by atoms with Gasteiger partial charge in [-0.2, -0.15) is 0 Å². The highest BCUT2D eigenvalue weighted by Crippen LogP contribution is 2.04. The van der Waals surface area contributed by atoms with Crippen molar-refractivity contribution in [2.75, 3.05) is 14.1 Å². The van der Waals surface area contributed by atoms with Crippen molar-refractivity contribution in [2.45, 2.75) is 6.54 Å². The van der Waals surface area contributed by atoms with E-state index in [0.29, 0.717) is 12.2 Å². The van der Waals surface area contributed by atoms with E-state index in [1.807, 2.05) is 25.2 Å². The molecule has 0 unspecified atom stereocenters. The molecule has 6 heteroatoms. The summed E-state index contributed by atoms with van der Waals surface area (Å²) in [6.45, 7) is 0.576. The van der Waals surface area contributed by atoms with E-state index in [4.69, 9.17) is 10.9 Å². The number of oxime groups is 1. The molecule has 82 valence electrons. The standard InChI is InChI=1S/C9H15N5O/c1-14(2)12-6-7-4-3-5-11-8(7)9(10)13-15/h3-5,12,15H,6H2,1-2H3,(H2,10,13). The zero-order valence-electron chi connectivity index (χ0n) is 8.81. The third-order valence-electron chi connectivity index (χ3n) is 1.83. The SMILES string of the molecule is CN(C)NCc1cccnc1/C(N)=N/O. The summed E-state index contributed by atoms with van der Waals surface area (Å²) in [6, 6.07) is 3.68. The van der Waals surface area contributed by atoms with Crippen molar-refractivity contribution in [1.82, 2.24) is 15.4 Å². The fourth-order valence-electron chi connectivity index (χ4n) is 1.10. The summed E-state index contributed by atoms with van der Waals surface area (Å²) in [4.78, 5) is 4.05. The average molecular weight is 209 g/mol. The van der Waals surface area contributed by atoms with Crippen LogP contribution in [0.15, 0.2) is 23.5 Å². The normalized spacial score (nSPS) is 12.1. The maximum atomic E-state index is 8.58. The number of hydrogen-bond donors (Lipinski definition) is 3. The van der Waals surface area contributed by atoms with E-state index in [9.17, 15) is 0 Å². The van der Waals surface area contributed by atoms with Gasteiger partial charge in [0.1, 0.15) is 5.69 Å². The summed E-state index contributed by atoms with van der Waals surface area (Å²) < 4.78 is 0. The summed E-state index contributed by atoms with van der Waals surface area (Å²) in [7, 11) is 3.78. The Morgan fingerprint density at radius 2 is 2.40 bits per heavy atom. The topological polar surface area (TPSA) is 86.8 Å². The maximum Gasteiger partial charge on any atom is 0.189 e. The molecule has 4 N–H and O–H groups in total. The predicted molar refractivity (Wildman–Crippen MR) is 57.3 cm³/mol. The van der Waals surface area contributed by atoms with Gasteiger partial charge in [0.15, 0.2) is 5.84 Å². The van der Waals surface area contributed by atoms with Gasteiger partial charge in [-0.1, -0.05) is 11.2 Å².